The average Bonchev–Trinajstić information content (AvgIpc) is 2.95. The zero-order chi connectivity index (χ0) is 9.54. The smallest absolute Gasteiger partial charge is 0.0457 e. The van der Waals surface area contributed by atoms with E-state index in [0.29, 0.717) is 0 Å². The Morgan fingerprint density at radius 2 is 2.07 bits per heavy atom. The molecule has 0 amide bonds. The summed E-state index contributed by atoms with van der Waals surface area (Å²) in [6.45, 7) is 0. The first kappa shape index (κ1) is 10.5. The Hall–Kier alpha value is -0.990. The van der Waals surface area contributed by atoms with Crippen molar-refractivity contribution in [3.05, 3.63) is 36.0 Å². The molecule has 1 heterocycles. The van der Waals surface area contributed by atoms with Crippen LogP contribution in [-0.2, 0) is 0 Å². The summed E-state index contributed by atoms with van der Waals surface area (Å²) in [5, 5.41) is 1.26. The minimum atomic E-state index is 0. The van der Waals surface area contributed by atoms with Gasteiger partial charge in [-0.1, -0.05) is 12.1 Å². The second kappa shape index (κ2) is 3.87. The zero-order valence-corrected chi connectivity index (χ0v) is 9.26. The van der Waals surface area contributed by atoms with E-state index in [-0.39, 0.29) is 18.4 Å². The zero-order valence-electron chi connectivity index (χ0n) is 8.44. The van der Waals surface area contributed by atoms with Gasteiger partial charge in [0.25, 0.3) is 0 Å². The van der Waals surface area contributed by atoms with Crippen molar-refractivity contribution in [3.63, 3.8) is 0 Å². The summed E-state index contributed by atoms with van der Waals surface area (Å²) in [5.41, 5.74) is 8.61. The Labute approximate surface area is 95.3 Å². The van der Waals surface area contributed by atoms with Crippen LogP contribution in [0.1, 0.15) is 24.4 Å². The number of aromatic amines is 1. The largest absolute Gasteiger partial charge is 0.361 e. The Bertz CT molecular complexity index is 459. The molecule has 1 fully saturated rings. The summed E-state index contributed by atoms with van der Waals surface area (Å²) < 4.78 is 0. The number of rotatable bonds is 2. The molecule has 2 nitrogen and oxygen atoms in total. The molecule has 1 aromatic heterocycles. The number of aromatic nitrogens is 1. The third kappa shape index (κ3) is 1.87. The van der Waals surface area contributed by atoms with E-state index in [9.17, 15) is 0 Å². The van der Waals surface area contributed by atoms with Crippen LogP contribution in [0, 0.1) is 5.92 Å². The number of nitrogens with two attached hydrogens (primary N) is 1. The summed E-state index contributed by atoms with van der Waals surface area (Å²) >= 11 is 0. The molecule has 80 valence electrons. The molecule has 1 atom stereocenters. The van der Waals surface area contributed by atoms with Crippen LogP contribution >= 0.6 is 12.4 Å². The van der Waals surface area contributed by atoms with Crippen molar-refractivity contribution in [3.8, 4) is 0 Å². The lowest BCUT2D eigenvalue weighted by Crippen LogP contribution is -2.11. The fourth-order valence-electron chi connectivity index (χ4n) is 2.00. The first-order valence-corrected chi connectivity index (χ1v) is 5.17. The van der Waals surface area contributed by atoms with Crippen molar-refractivity contribution in [1.82, 2.24) is 4.98 Å². The van der Waals surface area contributed by atoms with Gasteiger partial charge in [0.1, 0.15) is 0 Å². The molecule has 0 radical (unpaired) electrons. The normalized spacial score (nSPS) is 17.4. The van der Waals surface area contributed by atoms with Gasteiger partial charge in [0.05, 0.1) is 0 Å². The number of fused-ring (bicyclic) bond motifs is 1. The monoisotopic (exact) mass is 222 g/mol. The van der Waals surface area contributed by atoms with Gasteiger partial charge in [0.15, 0.2) is 0 Å². The van der Waals surface area contributed by atoms with E-state index in [2.05, 4.69) is 29.2 Å². The Balaban J connectivity index is 0.000000853. The number of hydrogen-bond donors (Lipinski definition) is 2. The quantitative estimate of drug-likeness (QED) is 0.806. The van der Waals surface area contributed by atoms with Crippen molar-refractivity contribution in [2.45, 2.75) is 18.9 Å². The van der Waals surface area contributed by atoms with E-state index >= 15 is 0 Å². The minimum absolute atomic E-state index is 0. The van der Waals surface area contributed by atoms with Gasteiger partial charge in [-0.25, -0.2) is 0 Å². The highest BCUT2D eigenvalue weighted by Crippen LogP contribution is 2.39. The lowest BCUT2D eigenvalue weighted by Gasteiger charge is -2.10. The fraction of sp³-hybridized carbons (Fsp3) is 0.333. The summed E-state index contributed by atoms with van der Waals surface area (Å²) in [7, 11) is 0. The van der Waals surface area contributed by atoms with Crippen LogP contribution < -0.4 is 5.73 Å². The Morgan fingerprint density at radius 1 is 1.27 bits per heavy atom. The molecule has 15 heavy (non-hydrogen) atoms. The fourth-order valence-corrected chi connectivity index (χ4v) is 2.00. The molecule has 3 N–H and O–H groups in total. The summed E-state index contributed by atoms with van der Waals surface area (Å²) in [5.74, 6) is 0.724. The lowest BCUT2D eigenvalue weighted by molar-refractivity contribution is 0.634. The van der Waals surface area contributed by atoms with Crippen molar-refractivity contribution >= 4 is 23.3 Å². The maximum atomic E-state index is 6.15. The minimum Gasteiger partial charge on any atom is -0.361 e. The van der Waals surface area contributed by atoms with E-state index in [1.54, 1.807) is 0 Å². The molecule has 0 aliphatic heterocycles. The molecular formula is C12H15ClN2. The molecule has 1 aliphatic rings. The van der Waals surface area contributed by atoms with Crippen molar-refractivity contribution in [2.75, 3.05) is 0 Å². The highest BCUT2D eigenvalue weighted by molar-refractivity contribution is 5.85. The predicted molar refractivity (Wildman–Crippen MR) is 65.2 cm³/mol. The number of nitrogens with one attached hydrogen (secondary N) is 1. The molecule has 2 aromatic rings. The van der Waals surface area contributed by atoms with Gasteiger partial charge in [0, 0.05) is 17.8 Å². The number of benzene rings is 1. The van der Waals surface area contributed by atoms with Gasteiger partial charge < -0.3 is 10.7 Å². The molecule has 0 saturated heterocycles. The Kier molecular flexibility index (Phi) is 2.72. The first-order chi connectivity index (χ1) is 6.84. The number of halogens is 1. The second-order valence-corrected chi connectivity index (χ2v) is 4.19. The van der Waals surface area contributed by atoms with E-state index in [0.717, 1.165) is 5.92 Å². The molecule has 0 unspecified atom stereocenters. The highest BCUT2D eigenvalue weighted by atomic mass is 35.5. The van der Waals surface area contributed by atoms with Gasteiger partial charge in [-0.2, -0.15) is 0 Å². The first-order valence-electron chi connectivity index (χ1n) is 5.17. The maximum Gasteiger partial charge on any atom is 0.0457 e. The molecule has 1 saturated carbocycles. The molecule has 3 rings (SSSR count). The molecule has 1 aliphatic carbocycles. The molecule has 1 aromatic carbocycles. The van der Waals surface area contributed by atoms with Crippen LogP contribution in [0.15, 0.2) is 30.5 Å². The standard InChI is InChI=1S/C12H14N2.ClH/c13-12(9-2-3-9)10-4-1-8-5-6-14-11(8)7-10;/h1,4-7,9,12,14H,2-3,13H2;1H/t12-;/m1./s1. The topological polar surface area (TPSA) is 41.8 Å². The van der Waals surface area contributed by atoms with Gasteiger partial charge >= 0.3 is 0 Å². The lowest BCUT2D eigenvalue weighted by atomic mass is 10.0. The SMILES string of the molecule is Cl.N[C@@H](c1ccc2cc[nH]c2c1)C1CC1. The number of H-pyrrole nitrogens is 1. The summed E-state index contributed by atoms with van der Waals surface area (Å²) in [4.78, 5) is 3.22. The third-order valence-electron chi connectivity index (χ3n) is 3.09. The van der Waals surface area contributed by atoms with Gasteiger partial charge in [-0.3, -0.25) is 0 Å². The van der Waals surface area contributed by atoms with E-state index in [1.807, 2.05) is 6.20 Å². The van der Waals surface area contributed by atoms with Gasteiger partial charge in [-0.15, -0.1) is 12.4 Å². The summed E-state index contributed by atoms with van der Waals surface area (Å²) in [6, 6.07) is 8.80. The van der Waals surface area contributed by atoms with Crippen LogP contribution in [0.4, 0.5) is 0 Å². The highest BCUT2D eigenvalue weighted by Gasteiger charge is 2.29. The van der Waals surface area contributed by atoms with Gasteiger partial charge in [0.2, 0.25) is 0 Å². The molecule has 3 heteroatoms. The predicted octanol–water partition coefficient (Wildman–Crippen LogP) is 3.00. The molecular weight excluding hydrogens is 208 g/mol. The van der Waals surface area contributed by atoms with Crippen LogP contribution in [-0.4, -0.2) is 4.98 Å². The summed E-state index contributed by atoms with van der Waals surface area (Å²) in [6.07, 6.45) is 4.56. The average molecular weight is 223 g/mol. The van der Waals surface area contributed by atoms with Crippen LogP contribution in [0.5, 0.6) is 0 Å². The van der Waals surface area contributed by atoms with Crippen molar-refractivity contribution in [1.29, 1.82) is 0 Å². The van der Waals surface area contributed by atoms with E-state index < -0.39 is 0 Å². The Morgan fingerprint density at radius 3 is 2.80 bits per heavy atom. The molecule has 0 spiro atoms. The van der Waals surface area contributed by atoms with Crippen molar-refractivity contribution in [2.24, 2.45) is 11.7 Å². The second-order valence-electron chi connectivity index (χ2n) is 4.19. The van der Waals surface area contributed by atoms with E-state index in [1.165, 1.54) is 29.3 Å². The van der Waals surface area contributed by atoms with Crippen molar-refractivity contribution < 1.29 is 0 Å². The third-order valence-corrected chi connectivity index (χ3v) is 3.09. The number of hydrogen-bond acceptors (Lipinski definition) is 1. The van der Waals surface area contributed by atoms with Crippen LogP contribution in [0.25, 0.3) is 10.9 Å². The van der Waals surface area contributed by atoms with Crippen LogP contribution in [0.3, 0.4) is 0 Å². The van der Waals surface area contributed by atoms with Gasteiger partial charge in [-0.05, 0) is 41.8 Å². The maximum absolute atomic E-state index is 6.15. The van der Waals surface area contributed by atoms with E-state index in [4.69, 9.17) is 5.73 Å². The molecule has 0 bridgehead atoms. The van der Waals surface area contributed by atoms with Crippen LogP contribution in [0.2, 0.25) is 0 Å².